The third-order valence-corrected chi connectivity index (χ3v) is 5.91. The summed E-state index contributed by atoms with van der Waals surface area (Å²) in [6.45, 7) is 3.98. The van der Waals surface area contributed by atoms with E-state index in [0.717, 1.165) is 0 Å². The van der Waals surface area contributed by atoms with Gasteiger partial charge in [0.2, 0.25) is 23.5 Å². The van der Waals surface area contributed by atoms with Gasteiger partial charge in [0.05, 0.1) is 6.20 Å². The average molecular weight is 463 g/mol. The van der Waals surface area contributed by atoms with Crippen molar-refractivity contribution in [3.63, 3.8) is 0 Å². The van der Waals surface area contributed by atoms with Crippen LogP contribution in [0.15, 0.2) is 24.4 Å². The minimum absolute atomic E-state index is 0.0377. The molecule has 2 aliphatic rings. The molecule has 12 nitrogen and oxygen atoms in total. The van der Waals surface area contributed by atoms with Crippen molar-refractivity contribution in [2.45, 2.75) is 45.3 Å². The molecule has 34 heavy (non-hydrogen) atoms. The fraction of sp³-hybridized carbons (Fsp3) is 0.318. The van der Waals surface area contributed by atoms with Crippen LogP contribution in [0, 0.1) is 0 Å². The SMILES string of the molecule is CC(C)n1ncc2c(O)nc(C(=O)Nc3ccc4c(c3)CN(C3CCC(=O)NC3=O)C4=O)nc21. The van der Waals surface area contributed by atoms with E-state index in [1.165, 1.54) is 11.1 Å². The Morgan fingerprint density at radius 3 is 2.76 bits per heavy atom. The van der Waals surface area contributed by atoms with Crippen molar-refractivity contribution in [2.75, 3.05) is 5.32 Å². The molecule has 174 valence electrons. The molecule has 3 N–H and O–H groups in total. The van der Waals surface area contributed by atoms with Crippen LogP contribution in [0.4, 0.5) is 5.69 Å². The van der Waals surface area contributed by atoms with Crippen LogP contribution in [-0.4, -0.2) is 59.4 Å². The summed E-state index contributed by atoms with van der Waals surface area (Å²) >= 11 is 0. The lowest BCUT2D eigenvalue weighted by atomic mass is 10.0. The second-order valence-corrected chi connectivity index (χ2v) is 8.52. The third-order valence-electron chi connectivity index (χ3n) is 5.91. The smallest absolute Gasteiger partial charge is 0.293 e. The van der Waals surface area contributed by atoms with Crippen molar-refractivity contribution in [1.82, 2.24) is 30.0 Å². The number of rotatable bonds is 4. The molecule has 0 saturated carbocycles. The number of piperidine rings is 1. The summed E-state index contributed by atoms with van der Waals surface area (Å²) in [5.41, 5.74) is 1.82. The minimum Gasteiger partial charge on any atom is -0.493 e. The predicted octanol–water partition coefficient (Wildman–Crippen LogP) is 1.13. The highest BCUT2D eigenvalue weighted by Gasteiger charge is 2.39. The van der Waals surface area contributed by atoms with Crippen LogP contribution in [0.5, 0.6) is 5.88 Å². The van der Waals surface area contributed by atoms with E-state index >= 15 is 0 Å². The number of carbonyl (C=O) groups is 4. The fourth-order valence-corrected chi connectivity index (χ4v) is 4.23. The summed E-state index contributed by atoms with van der Waals surface area (Å²) in [6.07, 6.45) is 1.88. The van der Waals surface area contributed by atoms with Crippen molar-refractivity contribution in [3.05, 3.63) is 41.3 Å². The Labute approximate surface area is 193 Å². The summed E-state index contributed by atoms with van der Waals surface area (Å²) in [4.78, 5) is 58.9. The fourth-order valence-electron chi connectivity index (χ4n) is 4.23. The molecule has 12 heteroatoms. The van der Waals surface area contributed by atoms with Crippen molar-refractivity contribution in [3.8, 4) is 5.88 Å². The summed E-state index contributed by atoms with van der Waals surface area (Å²) in [5, 5.41) is 19.7. The molecule has 1 unspecified atom stereocenters. The normalized spacial score (nSPS) is 17.9. The van der Waals surface area contributed by atoms with E-state index in [4.69, 9.17) is 0 Å². The van der Waals surface area contributed by atoms with Gasteiger partial charge in [-0.2, -0.15) is 10.1 Å². The molecule has 1 fully saturated rings. The van der Waals surface area contributed by atoms with E-state index in [1.807, 2.05) is 13.8 Å². The third kappa shape index (κ3) is 3.52. The van der Waals surface area contributed by atoms with Gasteiger partial charge in [0.15, 0.2) is 5.65 Å². The molecule has 0 radical (unpaired) electrons. The largest absolute Gasteiger partial charge is 0.493 e. The minimum atomic E-state index is -0.718. The monoisotopic (exact) mass is 463 g/mol. The number of hydrogen-bond acceptors (Lipinski definition) is 8. The number of nitrogens with one attached hydrogen (secondary N) is 2. The number of nitrogens with zero attached hydrogens (tertiary/aromatic N) is 5. The Morgan fingerprint density at radius 2 is 2.03 bits per heavy atom. The molecule has 1 atom stereocenters. The van der Waals surface area contributed by atoms with Crippen molar-refractivity contribution < 1.29 is 24.3 Å². The van der Waals surface area contributed by atoms with Crippen molar-refractivity contribution in [2.24, 2.45) is 0 Å². The van der Waals surface area contributed by atoms with Gasteiger partial charge in [0.25, 0.3) is 11.8 Å². The van der Waals surface area contributed by atoms with Crippen LogP contribution in [-0.2, 0) is 16.1 Å². The number of hydrogen-bond donors (Lipinski definition) is 3. The first-order valence-corrected chi connectivity index (χ1v) is 10.8. The molecular formula is C22H21N7O5. The Morgan fingerprint density at radius 1 is 1.24 bits per heavy atom. The lowest BCUT2D eigenvalue weighted by Crippen LogP contribution is -2.52. The molecule has 3 aromatic rings. The summed E-state index contributed by atoms with van der Waals surface area (Å²) < 4.78 is 1.58. The number of aromatic nitrogens is 4. The summed E-state index contributed by atoms with van der Waals surface area (Å²) in [5.74, 6) is -2.35. The zero-order valence-electron chi connectivity index (χ0n) is 18.4. The van der Waals surface area contributed by atoms with Gasteiger partial charge in [-0.05, 0) is 44.0 Å². The first-order chi connectivity index (χ1) is 16.2. The quantitative estimate of drug-likeness (QED) is 0.486. The van der Waals surface area contributed by atoms with E-state index in [-0.39, 0.29) is 48.9 Å². The maximum Gasteiger partial charge on any atom is 0.293 e. The number of imide groups is 1. The number of anilines is 1. The van der Waals surface area contributed by atoms with E-state index in [1.54, 1.807) is 22.9 Å². The molecule has 4 amide bonds. The predicted molar refractivity (Wildman–Crippen MR) is 118 cm³/mol. The first-order valence-electron chi connectivity index (χ1n) is 10.8. The van der Waals surface area contributed by atoms with Gasteiger partial charge in [0.1, 0.15) is 11.4 Å². The second kappa shape index (κ2) is 7.90. The Kier molecular flexibility index (Phi) is 5.00. The Hall–Kier alpha value is -4.35. The lowest BCUT2D eigenvalue weighted by molar-refractivity contribution is -0.136. The molecule has 4 heterocycles. The maximum atomic E-state index is 12.8. The standard InChI is InChI=1S/C22H21N7O5/c1-10(2)29-18-14(8-23-29)19(31)27-17(26-18)21(33)24-12-3-4-13-11(7-12)9-28(22(13)34)15-5-6-16(30)25-20(15)32/h3-4,7-8,10,15H,5-6,9H2,1-2H3,(H,24,33)(H,25,30,32)(H,26,27,31). The van der Waals surface area contributed by atoms with E-state index in [9.17, 15) is 24.3 Å². The number of benzene rings is 1. The van der Waals surface area contributed by atoms with Crippen LogP contribution >= 0.6 is 0 Å². The highest BCUT2D eigenvalue weighted by atomic mass is 16.3. The summed E-state index contributed by atoms with van der Waals surface area (Å²) in [6, 6.07) is 4.04. The van der Waals surface area contributed by atoms with Crippen molar-refractivity contribution >= 4 is 40.3 Å². The second-order valence-electron chi connectivity index (χ2n) is 8.52. The molecular weight excluding hydrogens is 442 g/mol. The van der Waals surface area contributed by atoms with Gasteiger partial charge in [-0.1, -0.05) is 0 Å². The molecule has 0 bridgehead atoms. The van der Waals surface area contributed by atoms with Crippen LogP contribution in [0.1, 0.15) is 59.3 Å². The zero-order valence-corrected chi connectivity index (χ0v) is 18.4. The summed E-state index contributed by atoms with van der Waals surface area (Å²) in [7, 11) is 0. The molecule has 0 spiro atoms. The highest BCUT2D eigenvalue weighted by Crippen LogP contribution is 2.30. The number of fused-ring (bicyclic) bond motifs is 2. The van der Waals surface area contributed by atoms with Crippen LogP contribution in [0.2, 0.25) is 0 Å². The Balaban J connectivity index is 1.37. The van der Waals surface area contributed by atoms with Crippen LogP contribution in [0.25, 0.3) is 11.0 Å². The lowest BCUT2D eigenvalue weighted by Gasteiger charge is -2.29. The van der Waals surface area contributed by atoms with Gasteiger partial charge >= 0.3 is 0 Å². The van der Waals surface area contributed by atoms with E-state index in [2.05, 4.69) is 25.7 Å². The molecule has 1 saturated heterocycles. The van der Waals surface area contributed by atoms with Gasteiger partial charge < -0.3 is 15.3 Å². The number of amides is 4. The topological polar surface area (TPSA) is 159 Å². The molecule has 2 aromatic heterocycles. The number of carbonyl (C=O) groups excluding carboxylic acids is 4. The van der Waals surface area contributed by atoms with Gasteiger partial charge in [0, 0.05) is 30.3 Å². The van der Waals surface area contributed by atoms with Crippen LogP contribution < -0.4 is 10.6 Å². The Bertz CT molecular complexity index is 1380. The van der Waals surface area contributed by atoms with Gasteiger partial charge in [-0.3, -0.25) is 24.5 Å². The molecule has 0 aliphatic carbocycles. The van der Waals surface area contributed by atoms with E-state index in [0.29, 0.717) is 27.8 Å². The van der Waals surface area contributed by atoms with Crippen molar-refractivity contribution in [1.29, 1.82) is 0 Å². The maximum absolute atomic E-state index is 12.8. The first kappa shape index (κ1) is 21.5. The zero-order chi connectivity index (χ0) is 24.1. The van der Waals surface area contributed by atoms with Gasteiger partial charge in [-0.15, -0.1) is 0 Å². The number of aromatic hydroxyl groups is 1. The molecule has 1 aromatic carbocycles. The van der Waals surface area contributed by atoms with E-state index < -0.39 is 17.9 Å². The molecule has 5 rings (SSSR count). The molecule has 2 aliphatic heterocycles. The van der Waals surface area contributed by atoms with Gasteiger partial charge in [-0.25, -0.2) is 9.67 Å². The highest BCUT2D eigenvalue weighted by molar-refractivity contribution is 6.06. The average Bonchev–Trinajstić information content (AvgIpc) is 3.35. The van der Waals surface area contributed by atoms with Crippen LogP contribution in [0.3, 0.4) is 0 Å².